The minimum atomic E-state index is -1.22. The smallest absolute Gasteiger partial charge is 0.0990 e. The molecule has 4 N–H and O–H groups in total. The van der Waals surface area contributed by atoms with E-state index in [0.29, 0.717) is 18.4 Å². The van der Waals surface area contributed by atoms with Crippen LogP contribution in [0.5, 0.6) is 0 Å². The lowest BCUT2D eigenvalue weighted by Crippen LogP contribution is -2.62. The van der Waals surface area contributed by atoms with Crippen molar-refractivity contribution in [2.24, 2.45) is 11.8 Å². The molecule has 126 valence electrons. The molecule has 0 aromatic carbocycles. The summed E-state index contributed by atoms with van der Waals surface area (Å²) in [6, 6.07) is 0.589. The summed E-state index contributed by atoms with van der Waals surface area (Å²) in [6.45, 7) is 2.38. The van der Waals surface area contributed by atoms with Crippen molar-refractivity contribution >= 4 is 0 Å². The second-order valence-corrected chi connectivity index (χ2v) is 8.28. The monoisotopic (exact) mass is 311 g/mol. The second-order valence-electron chi connectivity index (χ2n) is 8.28. The first-order valence-corrected chi connectivity index (χ1v) is 8.98. The van der Waals surface area contributed by atoms with Crippen LogP contribution >= 0.6 is 0 Å². The third-order valence-electron chi connectivity index (χ3n) is 7.14. The molecule has 22 heavy (non-hydrogen) atoms. The molecule has 7 unspecified atom stereocenters. The minimum absolute atomic E-state index is 0.0681. The van der Waals surface area contributed by atoms with Crippen LogP contribution in [-0.4, -0.2) is 67.9 Å². The van der Waals surface area contributed by atoms with Crippen molar-refractivity contribution in [1.29, 1.82) is 0 Å². The van der Waals surface area contributed by atoms with Crippen LogP contribution in [-0.2, 0) is 0 Å². The molecule has 1 aliphatic heterocycles. The standard InChI is InChI=1S/C17H29NO4/c19-14-9-16(21)8-11-7-12(18-5-1-2-6-18)3-4-13(11)17(16,22)10-15(14)20/h11-15,19-22H,1-10H2. The molecular weight excluding hydrogens is 282 g/mol. The van der Waals surface area contributed by atoms with Gasteiger partial charge in [0, 0.05) is 18.9 Å². The van der Waals surface area contributed by atoms with Crippen molar-refractivity contribution < 1.29 is 20.4 Å². The van der Waals surface area contributed by atoms with Crippen LogP contribution in [0.2, 0.25) is 0 Å². The van der Waals surface area contributed by atoms with E-state index in [1.54, 1.807) is 0 Å². The summed E-state index contributed by atoms with van der Waals surface area (Å²) in [5.74, 6) is 0.380. The van der Waals surface area contributed by atoms with Crippen molar-refractivity contribution in [2.75, 3.05) is 13.1 Å². The van der Waals surface area contributed by atoms with Crippen molar-refractivity contribution in [1.82, 2.24) is 4.90 Å². The number of nitrogens with zero attached hydrogens (tertiary/aromatic N) is 1. The molecule has 5 nitrogen and oxygen atoms in total. The lowest BCUT2D eigenvalue weighted by atomic mass is 9.66. The number of aliphatic hydroxyl groups is 4. The summed E-state index contributed by atoms with van der Waals surface area (Å²) in [7, 11) is 0. The van der Waals surface area contributed by atoms with Crippen molar-refractivity contribution in [3.8, 4) is 0 Å². The van der Waals surface area contributed by atoms with Crippen LogP contribution in [0.4, 0.5) is 0 Å². The highest BCUT2D eigenvalue weighted by Crippen LogP contribution is 2.59. The Bertz CT molecular complexity index is 440. The van der Waals surface area contributed by atoms with E-state index in [0.717, 1.165) is 19.3 Å². The molecule has 0 aromatic rings. The second kappa shape index (κ2) is 5.15. The van der Waals surface area contributed by atoms with Crippen LogP contribution in [0.3, 0.4) is 0 Å². The van der Waals surface area contributed by atoms with Crippen molar-refractivity contribution in [2.45, 2.75) is 80.8 Å². The van der Waals surface area contributed by atoms with Crippen molar-refractivity contribution in [3.63, 3.8) is 0 Å². The minimum Gasteiger partial charge on any atom is -0.390 e. The average molecular weight is 311 g/mol. The van der Waals surface area contributed by atoms with Gasteiger partial charge >= 0.3 is 0 Å². The van der Waals surface area contributed by atoms with Gasteiger partial charge in [0.2, 0.25) is 0 Å². The molecule has 7 atom stereocenters. The summed E-state index contributed by atoms with van der Waals surface area (Å²) in [5, 5.41) is 42.1. The Labute approximate surface area is 131 Å². The van der Waals surface area contributed by atoms with E-state index in [9.17, 15) is 20.4 Å². The molecular formula is C17H29NO4. The van der Waals surface area contributed by atoms with Gasteiger partial charge in [-0.1, -0.05) is 0 Å². The number of hydrogen-bond donors (Lipinski definition) is 4. The fourth-order valence-electron chi connectivity index (χ4n) is 6.03. The highest BCUT2D eigenvalue weighted by Gasteiger charge is 2.66. The van der Waals surface area contributed by atoms with E-state index in [2.05, 4.69) is 4.90 Å². The summed E-state index contributed by atoms with van der Waals surface area (Å²) < 4.78 is 0. The Morgan fingerprint density at radius 3 is 2.27 bits per heavy atom. The van der Waals surface area contributed by atoms with E-state index in [-0.39, 0.29) is 18.8 Å². The summed E-state index contributed by atoms with van der Waals surface area (Å²) in [5.41, 5.74) is -2.44. The Hall–Kier alpha value is -0.200. The number of likely N-dealkylation sites (tertiary alicyclic amines) is 1. The van der Waals surface area contributed by atoms with E-state index < -0.39 is 23.4 Å². The van der Waals surface area contributed by atoms with Gasteiger partial charge in [0.1, 0.15) is 0 Å². The summed E-state index contributed by atoms with van der Waals surface area (Å²) >= 11 is 0. The first-order valence-electron chi connectivity index (χ1n) is 8.98. The largest absolute Gasteiger partial charge is 0.390 e. The topological polar surface area (TPSA) is 84.2 Å². The molecule has 0 bridgehead atoms. The van der Waals surface area contributed by atoms with Crippen molar-refractivity contribution in [3.05, 3.63) is 0 Å². The van der Waals surface area contributed by atoms with Gasteiger partial charge in [0.25, 0.3) is 0 Å². The number of hydrogen-bond acceptors (Lipinski definition) is 5. The first kappa shape index (κ1) is 15.3. The van der Waals surface area contributed by atoms with Gasteiger partial charge in [0.05, 0.1) is 23.4 Å². The molecule has 4 aliphatic rings. The average Bonchev–Trinajstić information content (AvgIpc) is 3.05. The Balaban J connectivity index is 1.54. The number of aliphatic hydroxyl groups excluding tert-OH is 2. The van der Waals surface area contributed by atoms with E-state index in [4.69, 9.17) is 0 Å². The maximum Gasteiger partial charge on any atom is 0.0990 e. The predicted molar refractivity (Wildman–Crippen MR) is 81.2 cm³/mol. The zero-order chi connectivity index (χ0) is 15.5. The third-order valence-corrected chi connectivity index (χ3v) is 7.14. The fourth-order valence-corrected chi connectivity index (χ4v) is 6.03. The van der Waals surface area contributed by atoms with Crippen LogP contribution in [0.25, 0.3) is 0 Å². The lowest BCUT2D eigenvalue weighted by molar-refractivity contribution is -0.221. The van der Waals surface area contributed by atoms with E-state index in [1.165, 1.54) is 25.9 Å². The molecule has 0 aromatic heterocycles. The van der Waals surface area contributed by atoms with Gasteiger partial charge in [-0.15, -0.1) is 0 Å². The maximum atomic E-state index is 11.2. The highest BCUT2D eigenvalue weighted by atomic mass is 16.4. The van der Waals surface area contributed by atoms with Gasteiger partial charge in [0.15, 0.2) is 0 Å². The first-order chi connectivity index (χ1) is 10.4. The zero-order valence-corrected chi connectivity index (χ0v) is 13.2. The van der Waals surface area contributed by atoms with Gasteiger partial charge in [-0.25, -0.2) is 0 Å². The zero-order valence-electron chi connectivity index (χ0n) is 13.2. The quantitative estimate of drug-likeness (QED) is 0.558. The molecule has 0 amide bonds. The van der Waals surface area contributed by atoms with E-state index in [1.807, 2.05) is 0 Å². The third kappa shape index (κ3) is 2.09. The molecule has 4 fully saturated rings. The molecule has 4 rings (SSSR count). The van der Waals surface area contributed by atoms with Crippen LogP contribution in [0.1, 0.15) is 51.4 Å². The van der Waals surface area contributed by atoms with Gasteiger partial charge in [-0.05, 0) is 63.5 Å². The fraction of sp³-hybridized carbons (Fsp3) is 1.00. The Morgan fingerprint density at radius 1 is 0.864 bits per heavy atom. The summed E-state index contributed by atoms with van der Waals surface area (Å²) in [6.07, 6.45) is 4.58. The molecule has 3 aliphatic carbocycles. The van der Waals surface area contributed by atoms with E-state index >= 15 is 0 Å². The van der Waals surface area contributed by atoms with Gasteiger partial charge in [-0.2, -0.15) is 0 Å². The normalized spacial score (nSPS) is 55.9. The maximum absolute atomic E-state index is 11.2. The molecule has 3 saturated carbocycles. The molecule has 1 saturated heterocycles. The van der Waals surface area contributed by atoms with Gasteiger partial charge in [-0.3, -0.25) is 0 Å². The number of fused-ring (bicyclic) bond motifs is 3. The Morgan fingerprint density at radius 2 is 1.55 bits per heavy atom. The molecule has 0 radical (unpaired) electrons. The van der Waals surface area contributed by atoms with Crippen LogP contribution in [0, 0.1) is 11.8 Å². The van der Waals surface area contributed by atoms with Crippen LogP contribution in [0.15, 0.2) is 0 Å². The van der Waals surface area contributed by atoms with Crippen LogP contribution < -0.4 is 0 Å². The Kier molecular flexibility index (Phi) is 3.59. The SMILES string of the molecule is OC1CC2(O)CC3CC(N4CCCC4)CCC3C2(O)CC1O. The molecule has 0 spiro atoms. The molecule has 1 heterocycles. The predicted octanol–water partition coefficient (Wildman–Crippen LogP) is 0.249. The lowest BCUT2D eigenvalue weighted by Gasteiger charge is -2.49. The summed E-state index contributed by atoms with van der Waals surface area (Å²) in [4.78, 5) is 2.58. The van der Waals surface area contributed by atoms with Gasteiger partial charge < -0.3 is 25.3 Å². The highest BCUT2D eigenvalue weighted by molar-refractivity contribution is 5.18. The molecule has 5 heteroatoms. The number of rotatable bonds is 1.